The highest BCUT2D eigenvalue weighted by Crippen LogP contribution is 2.18. The van der Waals surface area contributed by atoms with Crippen molar-refractivity contribution in [2.24, 2.45) is 5.73 Å². The third kappa shape index (κ3) is 3.55. The van der Waals surface area contributed by atoms with Crippen molar-refractivity contribution in [3.8, 4) is 0 Å². The van der Waals surface area contributed by atoms with E-state index in [1.165, 1.54) is 4.90 Å². The summed E-state index contributed by atoms with van der Waals surface area (Å²) in [6, 6.07) is 8.74. The van der Waals surface area contributed by atoms with E-state index in [-0.39, 0.29) is 19.5 Å². The van der Waals surface area contributed by atoms with Crippen LogP contribution in [0.15, 0.2) is 30.3 Å². The minimum Gasteiger partial charge on any atom is -0.616 e. The van der Waals surface area contributed by atoms with Gasteiger partial charge in [-0.25, -0.2) is 0 Å². The van der Waals surface area contributed by atoms with Gasteiger partial charge < -0.3 is 20.3 Å². The predicted octanol–water partition coefficient (Wildman–Crippen LogP) is -0.964. The van der Waals surface area contributed by atoms with E-state index in [1.807, 2.05) is 0 Å². The van der Waals surface area contributed by atoms with Crippen molar-refractivity contribution in [2.75, 3.05) is 24.6 Å². The fourth-order valence-electron chi connectivity index (χ4n) is 2.26. The maximum Gasteiger partial charge on any atom is 0.265 e. The van der Waals surface area contributed by atoms with Crippen LogP contribution in [0.4, 0.5) is 0 Å². The van der Waals surface area contributed by atoms with Crippen LogP contribution in [0.2, 0.25) is 0 Å². The number of rotatable bonds is 4. The lowest BCUT2D eigenvalue weighted by Gasteiger charge is -2.34. The average Bonchev–Trinajstić information content (AvgIpc) is 2.48. The minimum atomic E-state index is -2.26. The molecule has 1 heterocycles. The number of carbonyl (C=O) groups excluding carboxylic acids is 2. The Morgan fingerprint density at radius 1 is 1.29 bits per heavy atom. The van der Waals surface area contributed by atoms with E-state index in [2.05, 4.69) is 0 Å². The Morgan fingerprint density at radius 2 is 1.86 bits per heavy atom. The van der Waals surface area contributed by atoms with Crippen LogP contribution >= 0.6 is 0 Å². The van der Waals surface area contributed by atoms with E-state index in [1.54, 1.807) is 30.3 Å². The first kappa shape index (κ1) is 15.8. The summed E-state index contributed by atoms with van der Waals surface area (Å²) in [6.45, 7) is 0.519. The smallest absolute Gasteiger partial charge is 0.265 e. The second-order valence-electron chi connectivity index (χ2n) is 5.03. The van der Waals surface area contributed by atoms with Gasteiger partial charge in [-0.2, -0.15) is 0 Å². The Balaban J connectivity index is 2.17. The molecule has 0 bridgehead atoms. The molecule has 0 aliphatic carbocycles. The Hall–Kier alpha value is -1.57. The van der Waals surface area contributed by atoms with Gasteiger partial charge in [-0.05, 0) is 5.56 Å². The number of hydrogen-bond acceptors (Lipinski definition) is 4. The fourth-order valence-corrected chi connectivity index (χ4v) is 3.31. The van der Waals surface area contributed by atoms with Crippen molar-refractivity contribution >= 4 is 23.0 Å². The maximum atomic E-state index is 12.4. The van der Waals surface area contributed by atoms with Gasteiger partial charge in [0.1, 0.15) is 11.5 Å². The van der Waals surface area contributed by atoms with Crippen molar-refractivity contribution in [1.82, 2.24) is 4.90 Å². The number of amides is 2. The highest BCUT2D eigenvalue weighted by molar-refractivity contribution is 7.91. The topological polar surface area (TPSA) is 107 Å². The summed E-state index contributed by atoms with van der Waals surface area (Å²) >= 11 is -0.945. The van der Waals surface area contributed by atoms with Crippen molar-refractivity contribution in [3.05, 3.63) is 35.9 Å². The molecule has 0 spiro atoms. The number of nitrogens with two attached hydrogens (primary N) is 1. The molecule has 0 saturated carbocycles. The summed E-state index contributed by atoms with van der Waals surface area (Å²) in [7, 11) is 0. The summed E-state index contributed by atoms with van der Waals surface area (Å²) in [5.41, 5.74) is 3.64. The largest absolute Gasteiger partial charge is 0.616 e. The molecule has 0 unspecified atom stereocenters. The van der Waals surface area contributed by atoms with Gasteiger partial charge in [0.25, 0.3) is 11.8 Å². The summed E-state index contributed by atoms with van der Waals surface area (Å²) in [6.07, 6.45) is -0.165. The number of benzene rings is 1. The fraction of sp³-hybridized carbons (Fsp3) is 0.429. The van der Waals surface area contributed by atoms with Crippen LogP contribution in [0.1, 0.15) is 5.56 Å². The molecule has 1 aromatic rings. The van der Waals surface area contributed by atoms with Crippen LogP contribution in [-0.4, -0.2) is 56.6 Å². The molecule has 21 heavy (non-hydrogen) atoms. The van der Waals surface area contributed by atoms with Gasteiger partial charge in [0.2, 0.25) is 5.60 Å². The molecular weight excluding hydrogens is 292 g/mol. The molecule has 7 heteroatoms. The quantitative estimate of drug-likeness (QED) is 0.551. The molecule has 114 valence electrons. The number of carbonyl (C=O) groups is 2. The zero-order chi connectivity index (χ0) is 15.5. The lowest BCUT2D eigenvalue weighted by molar-refractivity contribution is -0.159. The Bertz CT molecular complexity index is 517. The Morgan fingerprint density at radius 3 is 2.38 bits per heavy atom. The third-order valence-corrected chi connectivity index (χ3v) is 4.81. The summed E-state index contributed by atoms with van der Waals surface area (Å²) in [5.74, 6) is -1.07. The van der Waals surface area contributed by atoms with E-state index in [0.717, 1.165) is 0 Å². The number of nitrogens with zero attached hydrogens (tertiary/aromatic N) is 1. The maximum absolute atomic E-state index is 12.4. The molecule has 1 atom stereocenters. The molecule has 2 amide bonds. The molecule has 2 rings (SSSR count). The summed E-state index contributed by atoms with van der Waals surface area (Å²) in [5, 5.41) is 10.5. The first-order valence-electron chi connectivity index (χ1n) is 6.64. The van der Waals surface area contributed by atoms with E-state index in [4.69, 9.17) is 5.73 Å². The van der Waals surface area contributed by atoms with Gasteiger partial charge in [-0.15, -0.1) is 0 Å². The van der Waals surface area contributed by atoms with Gasteiger partial charge in [-0.1, -0.05) is 41.5 Å². The SMILES string of the molecule is NC(=O)[C@](O)(Cc1ccccc1)C(=O)N1CC[S+]([O-])CC1. The molecule has 3 N–H and O–H groups in total. The monoisotopic (exact) mass is 310 g/mol. The second kappa shape index (κ2) is 6.46. The van der Waals surface area contributed by atoms with E-state index in [9.17, 15) is 19.2 Å². The van der Waals surface area contributed by atoms with Crippen LogP contribution in [0.5, 0.6) is 0 Å². The minimum absolute atomic E-state index is 0.165. The van der Waals surface area contributed by atoms with Gasteiger partial charge >= 0.3 is 0 Å². The highest BCUT2D eigenvalue weighted by atomic mass is 32.2. The van der Waals surface area contributed by atoms with Gasteiger partial charge in [-0.3, -0.25) is 9.59 Å². The van der Waals surface area contributed by atoms with Crippen molar-refractivity contribution in [3.63, 3.8) is 0 Å². The zero-order valence-corrected chi connectivity index (χ0v) is 12.3. The Kier molecular flexibility index (Phi) is 4.87. The lowest BCUT2D eigenvalue weighted by Crippen LogP contribution is -2.60. The van der Waals surface area contributed by atoms with Crippen LogP contribution < -0.4 is 5.73 Å². The molecule has 1 saturated heterocycles. The standard InChI is InChI=1S/C14H18N2O4S/c15-12(17)14(19,10-11-4-2-1-3-5-11)13(18)16-6-8-21(20)9-7-16/h1-5,19H,6-10H2,(H2,15,17)/t14-/m1/s1. The van der Waals surface area contributed by atoms with E-state index >= 15 is 0 Å². The van der Waals surface area contributed by atoms with E-state index in [0.29, 0.717) is 17.1 Å². The number of hydrogen-bond donors (Lipinski definition) is 2. The predicted molar refractivity (Wildman–Crippen MR) is 78.7 cm³/mol. The number of aliphatic hydroxyl groups is 1. The molecular formula is C14H18N2O4S. The molecule has 1 aliphatic heterocycles. The summed E-state index contributed by atoms with van der Waals surface area (Å²) < 4.78 is 11.3. The van der Waals surface area contributed by atoms with E-state index < -0.39 is 28.6 Å². The van der Waals surface area contributed by atoms with Crippen molar-refractivity contribution < 1.29 is 19.2 Å². The molecule has 0 aromatic heterocycles. The van der Waals surface area contributed by atoms with Gasteiger partial charge in [0.05, 0.1) is 13.1 Å². The average molecular weight is 310 g/mol. The molecule has 0 radical (unpaired) electrons. The lowest BCUT2D eigenvalue weighted by atomic mass is 9.92. The van der Waals surface area contributed by atoms with Gasteiger partial charge in [0, 0.05) is 6.42 Å². The van der Waals surface area contributed by atoms with Crippen LogP contribution in [0, 0.1) is 0 Å². The number of primary amides is 1. The second-order valence-corrected chi connectivity index (χ2v) is 6.72. The van der Waals surface area contributed by atoms with Crippen LogP contribution in [0.3, 0.4) is 0 Å². The summed E-state index contributed by atoms with van der Waals surface area (Å²) in [4.78, 5) is 25.4. The van der Waals surface area contributed by atoms with Gasteiger partial charge in [0.15, 0.2) is 0 Å². The molecule has 1 aromatic carbocycles. The van der Waals surface area contributed by atoms with Crippen molar-refractivity contribution in [2.45, 2.75) is 12.0 Å². The first-order valence-corrected chi connectivity index (χ1v) is 8.13. The van der Waals surface area contributed by atoms with Crippen LogP contribution in [0.25, 0.3) is 0 Å². The zero-order valence-electron chi connectivity index (χ0n) is 11.5. The molecule has 1 fully saturated rings. The van der Waals surface area contributed by atoms with Crippen molar-refractivity contribution in [1.29, 1.82) is 0 Å². The molecule has 1 aliphatic rings. The highest BCUT2D eigenvalue weighted by Gasteiger charge is 2.46. The Labute approximate surface area is 126 Å². The van der Waals surface area contributed by atoms with Crippen LogP contribution in [-0.2, 0) is 27.2 Å². The first-order chi connectivity index (χ1) is 9.93. The normalized spacial score (nSPS) is 19.0. The molecule has 6 nitrogen and oxygen atoms in total. The third-order valence-electron chi connectivity index (χ3n) is 3.53.